The van der Waals surface area contributed by atoms with Gasteiger partial charge in [-0.05, 0) is 18.2 Å². The van der Waals surface area contributed by atoms with Crippen molar-refractivity contribution in [3.8, 4) is 0 Å². The van der Waals surface area contributed by atoms with Crippen molar-refractivity contribution in [3.63, 3.8) is 0 Å². The minimum Gasteiger partial charge on any atom is -0.326 e. The summed E-state index contributed by atoms with van der Waals surface area (Å²) in [6.07, 6.45) is 1.49. The zero-order chi connectivity index (χ0) is 17.4. The number of anilines is 1. The van der Waals surface area contributed by atoms with Gasteiger partial charge in [-0.2, -0.15) is 5.10 Å². The van der Waals surface area contributed by atoms with E-state index < -0.39 is 0 Å². The predicted octanol–water partition coefficient (Wildman–Crippen LogP) is 3.86. The van der Waals surface area contributed by atoms with Gasteiger partial charge >= 0.3 is 0 Å². The number of rotatable bonds is 6. The van der Waals surface area contributed by atoms with Gasteiger partial charge in [0.15, 0.2) is 0 Å². The van der Waals surface area contributed by atoms with Crippen molar-refractivity contribution < 1.29 is 9.59 Å². The third kappa shape index (κ3) is 5.68. The van der Waals surface area contributed by atoms with Gasteiger partial charge in [0.25, 0.3) is 0 Å². The van der Waals surface area contributed by atoms with E-state index in [1.165, 1.54) is 6.21 Å². The number of carbonyl (C=O) groups is 2. The van der Waals surface area contributed by atoms with E-state index in [1.54, 1.807) is 30.3 Å². The number of halogens is 2. The summed E-state index contributed by atoms with van der Waals surface area (Å²) in [5.41, 5.74) is 3.63. The molecule has 0 bridgehead atoms. The molecule has 0 unspecified atom stereocenters. The molecule has 0 radical (unpaired) electrons. The summed E-state index contributed by atoms with van der Waals surface area (Å²) in [5, 5.41) is 7.28. The molecule has 2 amide bonds. The van der Waals surface area contributed by atoms with Crippen molar-refractivity contribution in [1.29, 1.82) is 0 Å². The SMILES string of the molecule is O=C(CCC(=O)Nc1ccccc1)NN=Cc1cccc(Cl)c1Cl. The first-order valence-electron chi connectivity index (χ1n) is 7.17. The number of nitrogens with one attached hydrogen (secondary N) is 2. The number of hydrogen-bond acceptors (Lipinski definition) is 3. The van der Waals surface area contributed by atoms with Crippen LogP contribution in [0.5, 0.6) is 0 Å². The molecule has 0 aromatic heterocycles. The average Bonchev–Trinajstić information content (AvgIpc) is 2.58. The lowest BCUT2D eigenvalue weighted by atomic mass is 10.2. The Morgan fingerprint density at radius 2 is 1.67 bits per heavy atom. The largest absolute Gasteiger partial charge is 0.326 e. The van der Waals surface area contributed by atoms with Crippen molar-refractivity contribution in [2.75, 3.05) is 5.32 Å². The van der Waals surface area contributed by atoms with Gasteiger partial charge in [-0.15, -0.1) is 0 Å². The van der Waals surface area contributed by atoms with E-state index in [2.05, 4.69) is 15.8 Å². The molecule has 0 aliphatic carbocycles. The van der Waals surface area contributed by atoms with Crippen LogP contribution in [0.4, 0.5) is 5.69 Å². The fourth-order valence-electron chi connectivity index (χ4n) is 1.82. The molecule has 2 N–H and O–H groups in total. The first-order chi connectivity index (χ1) is 11.6. The molecule has 124 valence electrons. The second kappa shape index (κ2) is 9.05. The van der Waals surface area contributed by atoms with Crippen LogP contribution in [0, 0.1) is 0 Å². The summed E-state index contributed by atoms with van der Waals surface area (Å²) in [7, 11) is 0. The average molecular weight is 364 g/mol. The Morgan fingerprint density at radius 3 is 2.42 bits per heavy atom. The molecule has 2 aromatic carbocycles. The van der Waals surface area contributed by atoms with E-state index in [0.717, 1.165) is 0 Å². The summed E-state index contributed by atoms with van der Waals surface area (Å²) >= 11 is 11.9. The second-order valence-electron chi connectivity index (χ2n) is 4.85. The summed E-state index contributed by atoms with van der Waals surface area (Å²) in [5.74, 6) is -0.606. The molecule has 0 aliphatic heterocycles. The van der Waals surface area contributed by atoms with Crippen LogP contribution in [-0.2, 0) is 9.59 Å². The standard InChI is InChI=1S/C17H15Cl2N3O2/c18-14-8-4-5-12(17(14)19)11-20-22-16(24)10-9-15(23)21-13-6-2-1-3-7-13/h1-8,11H,9-10H2,(H,21,23)(H,22,24). The van der Waals surface area contributed by atoms with Gasteiger partial charge in [0.2, 0.25) is 11.8 Å². The van der Waals surface area contributed by atoms with Crippen LogP contribution in [0.2, 0.25) is 10.0 Å². The first-order valence-corrected chi connectivity index (χ1v) is 7.92. The second-order valence-corrected chi connectivity index (χ2v) is 5.64. The summed E-state index contributed by atoms with van der Waals surface area (Å²) in [4.78, 5) is 23.4. The van der Waals surface area contributed by atoms with Crippen LogP contribution in [0.1, 0.15) is 18.4 Å². The van der Waals surface area contributed by atoms with E-state index in [1.807, 2.05) is 18.2 Å². The monoisotopic (exact) mass is 363 g/mol. The molecule has 24 heavy (non-hydrogen) atoms. The normalized spacial score (nSPS) is 10.6. The zero-order valence-corrected chi connectivity index (χ0v) is 14.1. The Labute approximate surface area is 149 Å². The Balaban J connectivity index is 1.76. The Bertz CT molecular complexity index is 749. The Kier molecular flexibility index (Phi) is 6.78. The molecule has 0 spiro atoms. The maximum atomic E-state index is 11.7. The number of benzene rings is 2. The number of hydrogen-bond donors (Lipinski definition) is 2. The predicted molar refractivity (Wildman–Crippen MR) is 96.5 cm³/mol. The van der Waals surface area contributed by atoms with Crippen molar-refractivity contribution in [2.45, 2.75) is 12.8 Å². The highest BCUT2D eigenvalue weighted by atomic mass is 35.5. The third-order valence-electron chi connectivity index (χ3n) is 3.01. The summed E-state index contributed by atoms with van der Waals surface area (Å²) < 4.78 is 0. The van der Waals surface area contributed by atoms with Crippen molar-refractivity contribution >= 4 is 46.9 Å². The van der Waals surface area contributed by atoms with Crippen LogP contribution in [0.3, 0.4) is 0 Å². The van der Waals surface area contributed by atoms with Gasteiger partial charge in [-0.25, -0.2) is 5.43 Å². The number of nitrogens with zero attached hydrogens (tertiary/aromatic N) is 1. The van der Waals surface area contributed by atoms with E-state index >= 15 is 0 Å². The molecular weight excluding hydrogens is 349 g/mol. The molecular formula is C17H15Cl2N3O2. The number of hydrazone groups is 1. The van der Waals surface area contributed by atoms with Crippen LogP contribution in [0.15, 0.2) is 53.6 Å². The Morgan fingerprint density at radius 1 is 0.958 bits per heavy atom. The van der Waals surface area contributed by atoms with Crippen molar-refractivity contribution in [1.82, 2.24) is 5.43 Å². The highest BCUT2D eigenvalue weighted by Crippen LogP contribution is 2.24. The van der Waals surface area contributed by atoms with E-state index in [4.69, 9.17) is 23.2 Å². The minimum atomic E-state index is -0.368. The molecule has 0 fully saturated rings. The van der Waals surface area contributed by atoms with Crippen molar-refractivity contribution in [3.05, 3.63) is 64.1 Å². The van der Waals surface area contributed by atoms with Gasteiger partial charge in [-0.1, -0.05) is 53.5 Å². The van der Waals surface area contributed by atoms with Gasteiger partial charge in [0.1, 0.15) is 0 Å². The quantitative estimate of drug-likeness (QED) is 0.604. The number of amides is 2. The summed E-state index contributed by atoms with van der Waals surface area (Å²) in [6, 6.07) is 14.1. The molecule has 0 atom stereocenters. The van der Waals surface area contributed by atoms with E-state index in [0.29, 0.717) is 21.3 Å². The Hall–Kier alpha value is -2.37. The summed E-state index contributed by atoms with van der Waals surface area (Å²) in [6.45, 7) is 0. The van der Waals surface area contributed by atoms with Crippen molar-refractivity contribution in [2.24, 2.45) is 5.10 Å². The minimum absolute atomic E-state index is 0.0271. The molecule has 0 aliphatic rings. The van der Waals surface area contributed by atoms with Gasteiger partial charge in [0.05, 0.1) is 16.3 Å². The van der Waals surface area contributed by atoms with Crippen LogP contribution in [-0.4, -0.2) is 18.0 Å². The molecule has 7 heteroatoms. The van der Waals surface area contributed by atoms with E-state index in [9.17, 15) is 9.59 Å². The third-order valence-corrected chi connectivity index (χ3v) is 3.84. The van der Waals surface area contributed by atoms with Gasteiger partial charge in [0, 0.05) is 24.1 Å². The molecule has 0 heterocycles. The fraction of sp³-hybridized carbons (Fsp3) is 0.118. The zero-order valence-electron chi connectivity index (χ0n) is 12.6. The number of para-hydroxylation sites is 1. The molecule has 0 saturated carbocycles. The maximum Gasteiger partial charge on any atom is 0.240 e. The molecule has 2 aromatic rings. The van der Waals surface area contributed by atoms with E-state index in [-0.39, 0.29) is 24.7 Å². The lowest BCUT2D eigenvalue weighted by molar-refractivity contribution is -0.124. The molecule has 2 rings (SSSR count). The van der Waals surface area contributed by atoms with Crippen LogP contribution in [0.25, 0.3) is 0 Å². The lowest BCUT2D eigenvalue weighted by Gasteiger charge is -2.04. The highest BCUT2D eigenvalue weighted by Gasteiger charge is 2.07. The fourth-order valence-corrected chi connectivity index (χ4v) is 2.18. The number of carbonyl (C=O) groups excluding carboxylic acids is 2. The molecule has 0 saturated heterocycles. The van der Waals surface area contributed by atoms with Gasteiger partial charge in [-0.3, -0.25) is 9.59 Å². The lowest BCUT2D eigenvalue weighted by Crippen LogP contribution is -2.20. The maximum absolute atomic E-state index is 11.7. The van der Waals surface area contributed by atoms with Crippen LogP contribution >= 0.6 is 23.2 Å². The topological polar surface area (TPSA) is 70.6 Å². The highest BCUT2D eigenvalue weighted by molar-refractivity contribution is 6.43. The van der Waals surface area contributed by atoms with Crippen LogP contribution < -0.4 is 10.7 Å². The van der Waals surface area contributed by atoms with Gasteiger partial charge < -0.3 is 5.32 Å². The first kappa shape index (κ1) is 18.0. The molecule has 5 nitrogen and oxygen atoms in total. The smallest absolute Gasteiger partial charge is 0.240 e.